The zero-order valence-electron chi connectivity index (χ0n) is 12.2. The van der Waals surface area contributed by atoms with E-state index in [1.54, 1.807) is 12.1 Å². The second-order valence-electron chi connectivity index (χ2n) is 5.33. The molecule has 23 heavy (non-hydrogen) atoms. The number of carbonyl (C=O) groups is 4. The van der Waals surface area contributed by atoms with Crippen LogP contribution >= 0.6 is 0 Å². The van der Waals surface area contributed by atoms with Gasteiger partial charge in [-0.2, -0.15) is 0 Å². The van der Waals surface area contributed by atoms with Crippen molar-refractivity contribution in [3.05, 3.63) is 35.4 Å². The second kappa shape index (κ2) is 6.91. The molecule has 2 rings (SSSR count). The molecule has 0 radical (unpaired) electrons. The molecule has 122 valence electrons. The summed E-state index contributed by atoms with van der Waals surface area (Å²) in [7, 11) is 0. The number of hydrogen-bond acceptors (Lipinski definition) is 4. The Kier molecular flexibility index (Phi) is 4.95. The molecule has 1 fully saturated rings. The van der Waals surface area contributed by atoms with Crippen molar-refractivity contribution in [2.24, 2.45) is 5.73 Å². The molecule has 1 aliphatic heterocycles. The van der Waals surface area contributed by atoms with E-state index in [2.05, 4.69) is 10.6 Å². The molecule has 0 aromatic heterocycles. The molecule has 3 amide bonds. The fraction of sp³-hybridized carbons (Fsp3) is 0.333. The molecular weight excluding hydrogens is 302 g/mol. The zero-order valence-corrected chi connectivity index (χ0v) is 12.2. The summed E-state index contributed by atoms with van der Waals surface area (Å²) in [5.74, 6) is -2.41. The summed E-state index contributed by atoms with van der Waals surface area (Å²) in [6.07, 6.45) is 0.793. The van der Waals surface area contributed by atoms with Crippen molar-refractivity contribution >= 4 is 23.7 Å². The van der Waals surface area contributed by atoms with Crippen molar-refractivity contribution in [3.8, 4) is 0 Å². The van der Waals surface area contributed by atoms with E-state index in [-0.39, 0.29) is 24.3 Å². The van der Waals surface area contributed by atoms with Crippen LogP contribution in [0.5, 0.6) is 0 Å². The van der Waals surface area contributed by atoms with Crippen molar-refractivity contribution in [2.45, 2.75) is 31.3 Å². The summed E-state index contributed by atoms with van der Waals surface area (Å²) in [5, 5.41) is 13.9. The number of aromatic carboxylic acids is 1. The molecule has 0 aliphatic carbocycles. The van der Waals surface area contributed by atoms with Crippen LogP contribution in [0, 0.1) is 0 Å². The van der Waals surface area contributed by atoms with Crippen molar-refractivity contribution in [3.63, 3.8) is 0 Å². The summed E-state index contributed by atoms with van der Waals surface area (Å²) in [6.45, 7) is 0. The summed E-state index contributed by atoms with van der Waals surface area (Å²) >= 11 is 0. The van der Waals surface area contributed by atoms with E-state index in [4.69, 9.17) is 10.8 Å². The molecule has 8 heteroatoms. The molecule has 1 aliphatic rings. The Morgan fingerprint density at radius 1 is 1.30 bits per heavy atom. The van der Waals surface area contributed by atoms with E-state index in [1.165, 1.54) is 12.1 Å². The smallest absolute Gasteiger partial charge is 0.335 e. The monoisotopic (exact) mass is 319 g/mol. The van der Waals surface area contributed by atoms with E-state index in [0.717, 1.165) is 0 Å². The maximum atomic E-state index is 12.0. The Morgan fingerprint density at radius 3 is 2.43 bits per heavy atom. The Morgan fingerprint density at radius 2 is 1.96 bits per heavy atom. The van der Waals surface area contributed by atoms with Crippen LogP contribution in [0.2, 0.25) is 0 Å². The summed E-state index contributed by atoms with van der Waals surface area (Å²) in [5.41, 5.74) is 6.09. The molecule has 8 nitrogen and oxygen atoms in total. The van der Waals surface area contributed by atoms with Gasteiger partial charge in [-0.05, 0) is 24.1 Å². The minimum absolute atomic E-state index is 0.127. The third kappa shape index (κ3) is 4.29. The van der Waals surface area contributed by atoms with E-state index in [1.807, 2.05) is 0 Å². The first kappa shape index (κ1) is 16.5. The van der Waals surface area contributed by atoms with Crippen LogP contribution in [0.1, 0.15) is 28.8 Å². The second-order valence-corrected chi connectivity index (χ2v) is 5.33. The van der Waals surface area contributed by atoms with E-state index < -0.39 is 29.9 Å². The maximum absolute atomic E-state index is 12.0. The number of amides is 3. The van der Waals surface area contributed by atoms with Gasteiger partial charge in [0.1, 0.15) is 12.1 Å². The highest BCUT2D eigenvalue weighted by molar-refractivity contribution is 5.93. The largest absolute Gasteiger partial charge is 0.478 e. The number of benzene rings is 1. The highest BCUT2D eigenvalue weighted by Gasteiger charge is 2.29. The van der Waals surface area contributed by atoms with E-state index in [0.29, 0.717) is 12.0 Å². The summed E-state index contributed by atoms with van der Waals surface area (Å²) in [6, 6.07) is 4.35. The first-order valence-corrected chi connectivity index (χ1v) is 7.08. The molecule has 0 bridgehead atoms. The average molecular weight is 319 g/mol. The van der Waals surface area contributed by atoms with Crippen LogP contribution in [-0.2, 0) is 20.8 Å². The standard InChI is InChI=1S/C15H17N3O5/c16-13(20)11(18-14(21)10-5-6-12(19)17-10)7-8-1-3-9(4-2-8)15(22)23/h1-4,10-11H,5-7H2,(H2,16,20)(H,17,19)(H,18,21)(H,22,23)/t10-,11+/m1/s1. The van der Waals surface area contributed by atoms with Gasteiger partial charge in [-0.1, -0.05) is 12.1 Å². The topological polar surface area (TPSA) is 139 Å². The Labute approximate surface area is 132 Å². The number of carbonyl (C=O) groups excluding carboxylic acids is 3. The first-order chi connectivity index (χ1) is 10.9. The molecule has 1 heterocycles. The lowest BCUT2D eigenvalue weighted by atomic mass is 10.0. The number of primary amides is 1. The lowest BCUT2D eigenvalue weighted by Gasteiger charge is -2.18. The molecule has 0 saturated carbocycles. The van der Waals surface area contributed by atoms with Gasteiger partial charge in [-0.3, -0.25) is 14.4 Å². The molecule has 2 atom stereocenters. The van der Waals surface area contributed by atoms with Gasteiger partial charge < -0.3 is 21.5 Å². The Bertz CT molecular complexity index is 641. The van der Waals surface area contributed by atoms with Gasteiger partial charge in [0.15, 0.2) is 0 Å². The molecule has 1 saturated heterocycles. The van der Waals surface area contributed by atoms with Gasteiger partial charge in [-0.25, -0.2) is 4.79 Å². The van der Waals surface area contributed by atoms with Crippen LogP contribution in [0.3, 0.4) is 0 Å². The minimum atomic E-state index is -1.05. The predicted molar refractivity (Wildman–Crippen MR) is 79.4 cm³/mol. The van der Waals surface area contributed by atoms with Crippen LogP contribution in [0.25, 0.3) is 0 Å². The molecular formula is C15H17N3O5. The number of rotatable bonds is 6. The van der Waals surface area contributed by atoms with Gasteiger partial charge in [0.25, 0.3) is 0 Å². The average Bonchev–Trinajstić information content (AvgIpc) is 2.93. The number of nitrogens with one attached hydrogen (secondary N) is 2. The fourth-order valence-electron chi connectivity index (χ4n) is 2.32. The molecule has 0 unspecified atom stereocenters. The van der Waals surface area contributed by atoms with Crippen molar-refractivity contribution in [2.75, 3.05) is 0 Å². The van der Waals surface area contributed by atoms with Crippen LogP contribution in [-0.4, -0.2) is 40.9 Å². The number of nitrogens with two attached hydrogens (primary N) is 1. The normalized spacial score (nSPS) is 18.1. The molecule has 1 aromatic carbocycles. The predicted octanol–water partition coefficient (Wildman–Crippen LogP) is -0.824. The first-order valence-electron chi connectivity index (χ1n) is 7.08. The lowest BCUT2D eigenvalue weighted by molar-refractivity contribution is -0.129. The van der Waals surface area contributed by atoms with Crippen LogP contribution in [0.15, 0.2) is 24.3 Å². The quantitative estimate of drug-likeness (QED) is 0.542. The van der Waals surface area contributed by atoms with Crippen LogP contribution < -0.4 is 16.4 Å². The van der Waals surface area contributed by atoms with Gasteiger partial charge >= 0.3 is 5.97 Å². The van der Waals surface area contributed by atoms with Gasteiger partial charge in [0.05, 0.1) is 5.56 Å². The fourth-order valence-corrected chi connectivity index (χ4v) is 2.32. The minimum Gasteiger partial charge on any atom is -0.478 e. The SMILES string of the molecule is NC(=O)[C@H](Cc1ccc(C(=O)O)cc1)NC(=O)[C@H]1CCC(=O)N1. The van der Waals surface area contributed by atoms with E-state index in [9.17, 15) is 19.2 Å². The van der Waals surface area contributed by atoms with Crippen LogP contribution in [0.4, 0.5) is 0 Å². The maximum Gasteiger partial charge on any atom is 0.335 e. The highest BCUT2D eigenvalue weighted by atomic mass is 16.4. The van der Waals surface area contributed by atoms with Gasteiger partial charge in [0, 0.05) is 12.8 Å². The number of hydrogen-bond donors (Lipinski definition) is 4. The Balaban J connectivity index is 2.01. The van der Waals surface area contributed by atoms with Crippen molar-refractivity contribution in [1.82, 2.24) is 10.6 Å². The number of carboxylic acid groups (broad SMARTS) is 1. The molecule has 1 aromatic rings. The highest BCUT2D eigenvalue weighted by Crippen LogP contribution is 2.10. The van der Waals surface area contributed by atoms with Gasteiger partial charge in [-0.15, -0.1) is 0 Å². The lowest BCUT2D eigenvalue weighted by Crippen LogP contribution is -2.51. The van der Waals surface area contributed by atoms with Gasteiger partial charge in [0.2, 0.25) is 17.7 Å². The molecule has 5 N–H and O–H groups in total. The molecule has 0 spiro atoms. The summed E-state index contributed by atoms with van der Waals surface area (Å²) in [4.78, 5) is 45.5. The number of carboxylic acids is 1. The van der Waals surface area contributed by atoms with Crippen molar-refractivity contribution < 1.29 is 24.3 Å². The third-order valence-electron chi connectivity index (χ3n) is 3.61. The van der Waals surface area contributed by atoms with E-state index >= 15 is 0 Å². The third-order valence-corrected chi connectivity index (χ3v) is 3.61. The zero-order chi connectivity index (χ0) is 17.0. The summed E-state index contributed by atoms with van der Waals surface area (Å²) < 4.78 is 0. The Hall–Kier alpha value is -2.90. The van der Waals surface area contributed by atoms with Crippen molar-refractivity contribution in [1.29, 1.82) is 0 Å².